The molecule has 0 aliphatic heterocycles. The van der Waals surface area contributed by atoms with Crippen LogP contribution in [0.3, 0.4) is 0 Å². The van der Waals surface area contributed by atoms with Gasteiger partial charge in [0.1, 0.15) is 0 Å². The van der Waals surface area contributed by atoms with E-state index in [2.05, 4.69) is 32.8 Å². The van der Waals surface area contributed by atoms with Gasteiger partial charge in [0.25, 0.3) is 3.90 Å². The molecule has 3 saturated carbocycles. The van der Waals surface area contributed by atoms with Crippen molar-refractivity contribution >= 4 is 22.6 Å². The van der Waals surface area contributed by atoms with Crippen molar-refractivity contribution in [2.75, 3.05) is 0 Å². The lowest BCUT2D eigenvalue weighted by Gasteiger charge is -2.04. The van der Waals surface area contributed by atoms with E-state index in [4.69, 9.17) is 4.42 Å². The van der Waals surface area contributed by atoms with Crippen molar-refractivity contribution < 1.29 is 4.42 Å². The number of rotatable bonds is 1. The molecule has 3 fully saturated rings. The average molecular weight is 302 g/mol. The summed E-state index contributed by atoms with van der Waals surface area (Å²) >= 11 is 2.09. The van der Waals surface area contributed by atoms with E-state index in [9.17, 15) is 0 Å². The summed E-state index contributed by atoms with van der Waals surface area (Å²) in [5.74, 6) is 5.34. The fraction of sp³-hybridized carbons (Fsp3) is 0.800. The Hall–Kier alpha value is -0.130. The lowest BCUT2D eigenvalue weighted by atomic mass is 10.0. The maximum absolute atomic E-state index is 5.53. The first-order valence-corrected chi connectivity index (χ1v) is 6.41. The Morgan fingerprint density at radius 2 is 1.86 bits per heavy atom. The van der Waals surface area contributed by atoms with Crippen molar-refractivity contribution in [3.8, 4) is 0 Å². The molecule has 3 nitrogen and oxygen atoms in total. The van der Waals surface area contributed by atoms with E-state index in [1.54, 1.807) is 0 Å². The van der Waals surface area contributed by atoms with Crippen LogP contribution in [0.2, 0.25) is 0 Å². The molecule has 14 heavy (non-hydrogen) atoms. The molecule has 0 amide bonds. The minimum absolute atomic E-state index is 0.636. The standard InChI is InChI=1S/C10H11IN2O/c11-10-13-12-9(14-10)8-6-4-1-2-5(3-4)7(6)8/h4-8H,1-3H2. The molecule has 3 aliphatic carbocycles. The van der Waals surface area contributed by atoms with E-state index in [1.807, 2.05) is 0 Å². The number of hydrogen-bond acceptors (Lipinski definition) is 3. The Morgan fingerprint density at radius 1 is 1.14 bits per heavy atom. The fourth-order valence-electron chi connectivity index (χ4n) is 4.01. The minimum atomic E-state index is 0.636. The second-order valence-corrected chi connectivity index (χ2v) is 5.83. The van der Waals surface area contributed by atoms with Gasteiger partial charge in [0.15, 0.2) is 0 Å². The SMILES string of the molecule is Ic1nnc(C2C3C4CCC(C4)C23)o1. The molecule has 0 radical (unpaired) electrons. The van der Waals surface area contributed by atoms with Gasteiger partial charge < -0.3 is 4.42 Å². The minimum Gasteiger partial charge on any atom is -0.416 e. The summed E-state index contributed by atoms with van der Waals surface area (Å²) in [7, 11) is 0. The molecule has 4 heteroatoms. The van der Waals surface area contributed by atoms with Crippen molar-refractivity contribution in [1.29, 1.82) is 0 Å². The summed E-state index contributed by atoms with van der Waals surface area (Å²) in [6.45, 7) is 0. The molecule has 0 aromatic carbocycles. The van der Waals surface area contributed by atoms with Gasteiger partial charge >= 0.3 is 0 Å². The lowest BCUT2D eigenvalue weighted by molar-refractivity contribution is 0.420. The second-order valence-electron chi connectivity index (χ2n) is 4.91. The zero-order valence-electron chi connectivity index (χ0n) is 7.69. The maximum atomic E-state index is 5.53. The van der Waals surface area contributed by atoms with E-state index in [1.165, 1.54) is 19.3 Å². The Morgan fingerprint density at radius 3 is 2.43 bits per heavy atom. The summed E-state index contributed by atoms with van der Waals surface area (Å²) in [5, 5.41) is 8.08. The highest BCUT2D eigenvalue weighted by molar-refractivity contribution is 14.1. The van der Waals surface area contributed by atoms with E-state index < -0.39 is 0 Å². The smallest absolute Gasteiger partial charge is 0.278 e. The summed E-state index contributed by atoms with van der Waals surface area (Å²) in [5.41, 5.74) is 0. The lowest BCUT2D eigenvalue weighted by Crippen LogP contribution is -1.97. The van der Waals surface area contributed by atoms with Crippen LogP contribution in [0.1, 0.15) is 31.1 Å². The summed E-state index contributed by atoms with van der Waals surface area (Å²) in [6.07, 6.45) is 4.39. The molecule has 0 spiro atoms. The van der Waals surface area contributed by atoms with Crippen LogP contribution in [0.5, 0.6) is 0 Å². The molecule has 0 N–H and O–H groups in total. The molecule has 4 atom stereocenters. The highest BCUT2D eigenvalue weighted by Crippen LogP contribution is 2.72. The monoisotopic (exact) mass is 302 g/mol. The van der Waals surface area contributed by atoms with Gasteiger partial charge in [0, 0.05) is 28.5 Å². The van der Waals surface area contributed by atoms with Gasteiger partial charge in [-0.15, -0.1) is 10.2 Å². The largest absolute Gasteiger partial charge is 0.416 e. The molecular formula is C10H11IN2O. The summed E-state index contributed by atoms with van der Waals surface area (Å²) in [6, 6.07) is 0. The highest BCUT2D eigenvalue weighted by atomic mass is 127. The third-order valence-electron chi connectivity index (χ3n) is 4.44. The van der Waals surface area contributed by atoms with Gasteiger partial charge in [0.05, 0.1) is 0 Å². The zero-order valence-corrected chi connectivity index (χ0v) is 9.85. The molecule has 0 saturated heterocycles. The van der Waals surface area contributed by atoms with E-state index >= 15 is 0 Å². The van der Waals surface area contributed by atoms with Gasteiger partial charge in [-0.2, -0.15) is 0 Å². The van der Waals surface area contributed by atoms with Crippen LogP contribution in [0.4, 0.5) is 0 Å². The molecule has 4 rings (SSSR count). The molecule has 3 aliphatic rings. The van der Waals surface area contributed by atoms with Gasteiger partial charge in [0.2, 0.25) is 5.89 Å². The molecule has 74 valence electrons. The Bertz CT molecular complexity index is 375. The van der Waals surface area contributed by atoms with Crippen LogP contribution in [0.25, 0.3) is 0 Å². The van der Waals surface area contributed by atoms with Crippen LogP contribution in [-0.2, 0) is 0 Å². The van der Waals surface area contributed by atoms with E-state index in [0.717, 1.165) is 29.6 Å². The first-order valence-electron chi connectivity index (χ1n) is 5.33. The van der Waals surface area contributed by atoms with Crippen LogP contribution < -0.4 is 0 Å². The molecule has 1 aromatic heterocycles. The van der Waals surface area contributed by atoms with Gasteiger partial charge in [-0.25, -0.2) is 0 Å². The van der Waals surface area contributed by atoms with Crippen LogP contribution in [0, 0.1) is 27.6 Å². The molecule has 1 aromatic rings. The average Bonchev–Trinajstić information content (AvgIpc) is 2.58. The van der Waals surface area contributed by atoms with Gasteiger partial charge in [-0.05, 0) is 42.9 Å². The first kappa shape index (κ1) is 8.07. The number of fused-ring (bicyclic) bond motifs is 5. The zero-order chi connectivity index (χ0) is 9.28. The third kappa shape index (κ3) is 0.882. The summed E-state index contributed by atoms with van der Waals surface area (Å²) < 4.78 is 6.22. The maximum Gasteiger partial charge on any atom is 0.278 e. The van der Waals surface area contributed by atoms with Gasteiger partial charge in [-0.3, -0.25) is 0 Å². The Kier molecular flexibility index (Phi) is 1.45. The molecule has 1 heterocycles. The molecule has 4 unspecified atom stereocenters. The number of aromatic nitrogens is 2. The second kappa shape index (κ2) is 2.51. The highest BCUT2D eigenvalue weighted by Gasteiger charge is 2.67. The Labute approximate surface area is 95.8 Å². The van der Waals surface area contributed by atoms with Gasteiger partial charge in [-0.1, -0.05) is 0 Å². The number of halogens is 1. The molecule has 2 bridgehead atoms. The van der Waals surface area contributed by atoms with Crippen molar-refractivity contribution in [1.82, 2.24) is 10.2 Å². The van der Waals surface area contributed by atoms with Crippen LogP contribution in [0.15, 0.2) is 4.42 Å². The normalized spacial score (nSPS) is 48.2. The van der Waals surface area contributed by atoms with Crippen molar-refractivity contribution in [2.24, 2.45) is 23.7 Å². The predicted molar refractivity (Wildman–Crippen MR) is 57.6 cm³/mol. The Balaban J connectivity index is 1.66. The predicted octanol–water partition coefficient (Wildman–Crippen LogP) is 2.43. The van der Waals surface area contributed by atoms with Crippen molar-refractivity contribution in [3.63, 3.8) is 0 Å². The van der Waals surface area contributed by atoms with Crippen molar-refractivity contribution in [2.45, 2.75) is 25.2 Å². The molecular weight excluding hydrogens is 291 g/mol. The van der Waals surface area contributed by atoms with E-state index in [0.29, 0.717) is 9.82 Å². The quantitative estimate of drug-likeness (QED) is 0.748. The van der Waals surface area contributed by atoms with Crippen LogP contribution >= 0.6 is 22.6 Å². The number of nitrogens with zero attached hydrogens (tertiary/aromatic N) is 2. The van der Waals surface area contributed by atoms with E-state index in [-0.39, 0.29) is 0 Å². The first-order chi connectivity index (χ1) is 6.84. The summed E-state index contributed by atoms with van der Waals surface area (Å²) in [4.78, 5) is 0. The third-order valence-corrected chi connectivity index (χ3v) is 4.87. The van der Waals surface area contributed by atoms with Crippen LogP contribution in [-0.4, -0.2) is 10.2 Å². The van der Waals surface area contributed by atoms with Crippen molar-refractivity contribution in [3.05, 3.63) is 9.79 Å². The fourth-order valence-corrected chi connectivity index (χ4v) is 4.34. The topological polar surface area (TPSA) is 38.9 Å². The number of hydrogen-bond donors (Lipinski definition) is 0.